The van der Waals surface area contributed by atoms with Gasteiger partial charge in [0.05, 0.1) is 18.6 Å². The van der Waals surface area contributed by atoms with Gasteiger partial charge in [0.25, 0.3) is 5.91 Å². The van der Waals surface area contributed by atoms with Crippen LogP contribution in [0.1, 0.15) is 35.7 Å². The van der Waals surface area contributed by atoms with Crippen molar-refractivity contribution in [1.82, 2.24) is 5.32 Å². The van der Waals surface area contributed by atoms with Gasteiger partial charge in [-0.15, -0.1) is 0 Å². The van der Waals surface area contributed by atoms with E-state index in [0.717, 1.165) is 18.4 Å². The molecule has 8 heteroatoms. The van der Waals surface area contributed by atoms with E-state index in [1.165, 1.54) is 10.6 Å². The predicted octanol–water partition coefficient (Wildman–Crippen LogP) is 1.08. The van der Waals surface area contributed by atoms with E-state index in [1.54, 1.807) is 18.2 Å². The Labute approximate surface area is 147 Å². The van der Waals surface area contributed by atoms with Crippen molar-refractivity contribution in [2.75, 3.05) is 23.7 Å². The van der Waals surface area contributed by atoms with Gasteiger partial charge < -0.3 is 10.1 Å². The van der Waals surface area contributed by atoms with E-state index in [2.05, 4.69) is 5.32 Å². The molecule has 1 heterocycles. The second kappa shape index (κ2) is 6.67. The van der Waals surface area contributed by atoms with E-state index in [0.29, 0.717) is 30.2 Å². The highest BCUT2D eigenvalue weighted by Gasteiger charge is 2.32. The van der Waals surface area contributed by atoms with E-state index in [-0.39, 0.29) is 18.5 Å². The molecule has 1 saturated carbocycles. The van der Waals surface area contributed by atoms with E-state index >= 15 is 0 Å². The number of hydrogen-bond donors (Lipinski definition) is 1. The van der Waals surface area contributed by atoms with Crippen LogP contribution in [0, 0.1) is 5.92 Å². The zero-order chi connectivity index (χ0) is 18.2. The van der Waals surface area contributed by atoms with Crippen LogP contribution in [0.25, 0.3) is 0 Å². The van der Waals surface area contributed by atoms with Crippen LogP contribution in [0.4, 0.5) is 5.69 Å². The number of rotatable bonds is 6. The van der Waals surface area contributed by atoms with Gasteiger partial charge in [0, 0.05) is 11.6 Å². The Morgan fingerprint density at radius 2 is 2.04 bits per heavy atom. The van der Waals surface area contributed by atoms with Gasteiger partial charge in [0.15, 0.2) is 0 Å². The van der Waals surface area contributed by atoms with Crippen LogP contribution in [-0.2, 0) is 26.0 Å². The first-order valence-electron chi connectivity index (χ1n) is 8.32. The highest BCUT2D eigenvalue weighted by molar-refractivity contribution is 7.92. The van der Waals surface area contributed by atoms with E-state index in [4.69, 9.17) is 4.74 Å². The van der Waals surface area contributed by atoms with Gasteiger partial charge in [-0.1, -0.05) is 0 Å². The molecular formula is C17H22N2O5S. The van der Waals surface area contributed by atoms with Crippen molar-refractivity contribution in [3.63, 3.8) is 0 Å². The molecule has 1 amide bonds. The lowest BCUT2D eigenvalue weighted by Gasteiger charge is -2.21. The van der Waals surface area contributed by atoms with Crippen LogP contribution in [0.2, 0.25) is 0 Å². The number of nitrogens with one attached hydrogen (secondary N) is 1. The maximum atomic E-state index is 12.2. The van der Waals surface area contributed by atoms with Crippen LogP contribution in [0.3, 0.4) is 0 Å². The summed E-state index contributed by atoms with van der Waals surface area (Å²) in [7, 11) is -3.36. The largest absolute Gasteiger partial charge is 0.464 e. The number of sulfonamides is 1. The number of nitrogens with zero attached hydrogens (tertiary/aromatic N) is 1. The third-order valence-corrected chi connectivity index (χ3v) is 5.69. The summed E-state index contributed by atoms with van der Waals surface area (Å²) in [4.78, 5) is 23.8. The topological polar surface area (TPSA) is 92.8 Å². The molecule has 1 unspecified atom stereocenters. The molecule has 1 aromatic rings. The number of fused-ring (bicyclic) bond motifs is 1. The van der Waals surface area contributed by atoms with Crippen molar-refractivity contribution >= 4 is 27.6 Å². The molecule has 0 saturated heterocycles. The number of carbonyl (C=O) groups is 2. The Morgan fingerprint density at radius 3 is 2.68 bits per heavy atom. The van der Waals surface area contributed by atoms with Crippen LogP contribution in [0.5, 0.6) is 0 Å². The highest BCUT2D eigenvalue weighted by Crippen LogP contribution is 2.34. The summed E-state index contributed by atoms with van der Waals surface area (Å²) in [5.74, 6) is -0.342. The van der Waals surface area contributed by atoms with Gasteiger partial charge in [-0.05, 0) is 55.9 Å². The minimum absolute atomic E-state index is 0.172. The number of amides is 1. The van der Waals surface area contributed by atoms with Gasteiger partial charge in [0.2, 0.25) is 10.0 Å². The third-order valence-electron chi connectivity index (χ3n) is 4.42. The average Bonchev–Trinajstić information content (AvgIpc) is 3.29. The Bertz CT molecular complexity index is 801. The molecule has 1 fully saturated rings. The van der Waals surface area contributed by atoms with Crippen molar-refractivity contribution in [2.45, 2.75) is 32.2 Å². The standard InChI is InChI=1S/C17H22N2O5S/c1-11-7-14-8-13(5-6-15(14)19(11)25(2,22)23)17(21)18-9-16(20)24-10-12-3-4-12/h5-6,8,11-12H,3-4,7,9-10H2,1-2H3,(H,18,21). The molecule has 2 aliphatic rings. The Morgan fingerprint density at radius 1 is 1.32 bits per heavy atom. The van der Waals surface area contributed by atoms with Crippen LogP contribution in [-0.4, -0.2) is 45.7 Å². The minimum Gasteiger partial charge on any atom is -0.464 e. The molecule has 1 aliphatic heterocycles. The molecule has 0 bridgehead atoms. The number of esters is 1. The first-order chi connectivity index (χ1) is 11.8. The number of hydrogen-bond acceptors (Lipinski definition) is 5. The number of ether oxygens (including phenoxy) is 1. The minimum atomic E-state index is -3.36. The molecule has 3 rings (SSSR count). The zero-order valence-corrected chi connectivity index (χ0v) is 15.1. The summed E-state index contributed by atoms with van der Waals surface area (Å²) in [6.45, 7) is 2.08. The van der Waals surface area contributed by atoms with Gasteiger partial charge >= 0.3 is 5.97 Å². The molecule has 1 aromatic carbocycles. The second-order valence-corrected chi connectivity index (χ2v) is 8.62. The lowest BCUT2D eigenvalue weighted by Crippen LogP contribution is -2.34. The Kier molecular flexibility index (Phi) is 4.73. The van der Waals surface area contributed by atoms with Gasteiger partial charge in [-0.25, -0.2) is 8.42 Å². The van der Waals surface area contributed by atoms with Crippen LogP contribution in [0.15, 0.2) is 18.2 Å². The number of benzene rings is 1. The van der Waals surface area contributed by atoms with Crippen molar-refractivity contribution in [2.24, 2.45) is 5.92 Å². The summed E-state index contributed by atoms with van der Waals surface area (Å²) in [6.07, 6.45) is 3.91. The van der Waals surface area contributed by atoms with E-state index in [1.807, 2.05) is 6.92 Å². The smallest absolute Gasteiger partial charge is 0.325 e. The highest BCUT2D eigenvalue weighted by atomic mass is 32.2. The zero-order valence-electron chi connectivity index (χ0n) is 14.3. The van der Waals surface area contributed by atoms with Crippen molar-refractivity contribution in [3.8, 4) is 0 Å². The van der Waals surface area contributed by atoms with Crippen LogP contribution >= 0.6 is 0 Å². The SMILES string of the molecule is CC1Cc2cc(C(=O)NCC(=O)OCC3CC3)ccc2N1S(C)(=O)=O. The Hall–Kier alpha value is -2.09. The summed E-state index contributed by atoms with van der Waals surface area (Å²) < 4.78 is 30.3. The van der Waals surface area contributed by atoms with E-state index in [9.17, 15) is 18.0 Å². The molecule has 25 heavy (non-hydrogen) atoms. The fourth-order valence-corrected chi connectivity index (χ4v) is 4.31. The van der Waals surface area contributed by atoms with Gasteiger partial charge in [0.1, 0.15) is 6.54 Å². The van der Waals surface area contributed by atoms with Crippen molar-refractivity contribution in [1.29, 1.82) is 0 Å². The van der Waals surface area contributed by atoms with Crippen LogP contribution < -0.4 is 9.62 Å². The molecule has 7 nitrogen and oxygen atoms in total. The quantitative estimate of drug-likeness (QED) is 0.761. The normalized spacial score (nSPS) is 19.4. The van der Waals surface area contributed by atoms with E-state index < -0.39 is 16.0 Å². The van der Waals surface area contributed by atoms with Gasteiger partial charge in [-0.2, -0.15) is 0 Å². The molecule has 136 valence electrons. The second-order valence-electron chi connectivity index (χ2n) is 6.76. The fourth-order valence-electron chi connectivity index (χ4n) is 3.05. The maximum absolute atomic E-state index is 12.2. The lowest BCUT2D eigenvalue weighted by molar-refractivity contribution is -0.142. The number of carbonyl (C=O) groups excluding carboxylic acids is 2. The third kappa shape index (κ3) is 4.12. The lowest BCUT2D eigenvalue weighted by atomic mass is 10.1. The molecule has 0 spiro atoms. The first-order valence-corrected chi connectivity index (χ1v) is 10.2. The summed E-state index contributed by atoms with van der Waals surface area (Å²) in [5.41, 5.74) is 1.81. The summed E-state index contributed by atoms with van der Waals surface area (Å²) in [5, 5.41) is 2.54. The average molecular weight is 366 g/mol. The Balaban J connectivity index is 1.63. The number of anilines is 1. The predicted molar refractivity (Wildman–Crippen MR) is 92.9 cm³/mol. The molecular weight excluding hydrogens is 344 g/mol. The summed E-state index contributed by atoms with van der Waals surface area (Å²) >= 11 is 0. The molecule has 1 atom stereocenters. The molecule has 1 aliphatic carbocycles. The first kappa shape index (κ1) is 17.7. The van der Waals surface area contributed by atoms with Crippen molar-refractivity contribution < 1.29 is 22.7 Å². The molecule has 0 radical (unpaired) electrons. The maximum Gasteiger partial charge on any atom is 0.325 e. The summed E-state index contributed by atoms with van der Waals surface area (Å²) in [6, 6.07) is 4.71. The van der Waals surface area contributed by atoms with Gasteiger partial charge in [-0.3, -0.25) is 13.9 Å². The molecule has 0 aromatic heterocycles. The van der Waals surface area contributed by atoms with Crippen molar-refractivity contribution in [3.05, 3.63) is 29.3 Å². The fraction of sp³-hybridized carbons (Fsp3) is 0.529. The molecule has 1 N–H and O–H groups in total. The monoisotopic (exact) mass is 366 g/mol.